The van der Waals surface area contributed by atoms with Gasteiger partial charge in [-0.2, -0.15) is 0 Å². The molecule has 1 aliphatic heterocycles. The molecule has 8 nitrogen and oxygen atoms in total. The number of hydrogen-bond acceptors (Lipinski definition) is 7. The lowest BCUT2D eigenvalue weighted by atomic mass is 9.95. The van der Waals surface area contributed by atoms with Crippen molar-refractivity contribution >= 4 is 30.6 Å². The molecule has 0 bridgehead atoms. The Labute approximate surface area is 180 Å². The third-order valence-corrected chi connectivity index (χ3v) is 5.15. The van der Waals surface area contributed by atoms with Gasteiger partial charge in [-0.1, -0.05) is 29.7 Å². The molecular formula is C21H24BFN6O2. The van der Waals surface area contributed by atoms with Crippen molar-refractivity contribution in [3.8, 4) is 0 Å². The van der Waals surface area contributed by atoms with Crippen molar-refractivity contribution < 1.29 is 13.8 Å². The van der Waals surface area contributed by atoms with Crippen LogP contribution in [0.4, 0.5) is 15.9 Å². The predicted octanol–water partition coefficient (Wildman–Crippen LogP) is 1.35. The van der Waals surface area contributed by atoms with Crippen molar-refractivity contribution in [1.82, 2.24) is 15.2 Å². The molecule has 0 unspecified atom stereocenters. The lowest BCUT2D eigenvalue weighted by Crippen LogP contribution is -2.35. The van der Waals surface area contributed by atoms with Crippen molar-refractivity contribution in [1.29, 1.82) is 5.41 Å². The summed E-state index contributed by atoms with van der Waals surface area (Å²) in [5, 5.41) is 22.0. The number of anilines is 2. The summed E-state index contributed by atoms with van der Waals surface area (Å²) < 4.78 is 23.7. The first-order chi connectivity index (χ1) is 15.1. The molecule has 0 atom stereocenters. The van der Waals surface area contributed by atoms with Crippen molar-refractivity contribution in [2.24, 2.45) is 0 Å². The summed E-state index contributed by atoms with van der Waals surface area (Å²) in [7, 11) is 1.67. The van der Waals surface area contributed by atoms with Crippen LogP contribution in [0.15, 0.2) is 47.1 Å². The van der Waals surface area contributed by atoms with E-state index in [-0.39, 0.29) is 17.3 Å². The van der Waals surface area contributed by atoms with E-state index in [0.717, 1.165) is 38.4 Å². The number of ether oxygens (including phenoxy) is 1. The predicted molar refractivity (Wildman–Crippen MR) is 119 cm³/mol. The lowest BCUT2D eigenvalue weighted by Gasteiger charge is -2.26. The first-order valence-electron chi connectivity index (χ1n) is 10.1. The fraction of sp³-hybridized carbons (Fsp3) is 0.286. The Morgan fingerprint density at radius 1 is 1.10 bits per heavy atom. The Morgan fingerprint density at radius 2 is 1.84 bits per heavy atom. The molecule has 160 valence electrons. The Hall–Kier alpha value is -3.24. The number of halogens is 1. The number of nitrogens with one attached hydrogen (secondary N) is 3. The van der Waals surface area contributed by atoms with Crippen molar-refractivity contribution in [2.75, 3.05) is 36.9 Å². The summed E-state index contributed by atoms with van der Waals surface area (Å²) in [6, 6.07) is 12.9. The highest BCUT2D eigenvalue weighted by Crippen LogP contribution is 2.15. The van der Waals surface area contributed by atoms with Gasteiger partial charge in [-0.05, 0) is 39.6 Å². The van der Waals surface area contributed by atoms with Crippen molar-refractivity contribution in [3.63, 3.8) is 0 Å². The van der Waals surface area contributed by atoms with Gasteiger partial charge in [-0.3, -0.25) is 10.3 Å². The van der Waals surface area contributed by atoms with Crippen LogP contribution >= 0.6 is 0 Å². The second-order valence-corrected chi connectivity index (χ2v) is 7.48. The van der Waals surface area contributed by atoms with Crippen LogP contribution < -0.4 is 16.1 Å². The first kappa shape index (κ1) is 21.0. The van der Waals surface area contributed by atoms with E-state index < -0.39 is 0 Å². The van der Waals surface area contributed by atoms with Gasteiger partial charge in [0.15, 0.2) is 11.5 Å². The second-order valence-electron chi connectivity index (χ2n) is 7.48. The zero-order valence-electron chi connectivity index (χ0n) is 17.3. The third kappa shape index (κ3) is 5.47. The van der Waals surface area contributed by atoms with Crippen molar-refractivity contribution in [3.05, 3.63) is 65.1 Å². The first-order valence-corrected chi connectivity index (χ1v) is 10.1. The summed E-state index contributed by atoms with van der Waals surface area (Å²) >= 11 is 0. The molecule has 1 fully saturated rings. The van der Waals surface area contributed by atoms with Gasteiger partial charge in [0.25, 0.3) is 0 Å². The van der Waals surface area contributed by atoms with E-state index in [1.807, 2.05) is 0 Å². The number of rotatable bonds is 7. The number of benzene rings is 2. The van der Waals surface area contributed by atoms with Crippen LogP contribution in [0.5, 0.6) is 0 Å². The fourth-order valence-electron chi connectivity index (χ4n) is 3.36. The smallest absolute Gasteiger partial charge is 0.202 e. The molecule has 2 aromatic carbocycles. The molecule has 4 rings (SSSR count). The third-order valence-electron chi connectivity index (χ3n) is 5.15. The maximum Gasteiger partial charge on any atom is 0.202 e. The van der Waals surface area contributed by atoms with Crippen LogP contribution in [-0.2, 0) is 17.8 Å². The van der Waals surface area contributed by atoms with Gasteiger partial charge >= 0.3 is 0 Å². The molecule has 10 heteroatoms. The number of aromatic nitrogens is 2. The molecule has 1 aliphatic rings. The van der Waals surface area contributed by atoms with E-state index in [1.54, 1.807) is 20.0 Å². The molecule has 1 saturated heterocycles. The normalized spacial score (nSPS) is 14.4. The standard InChI is InChI=1S/C21H24BFN6O2/c22-17-11-16(5-6-18(17)23)26-20(24)19-21(28-31-27-19)25-12-14-1-3-15(4-2-14)13-29-7-9-30-10-8-29/h1-6,11H,7-10,12-13,22H2,(H2,24,26)(H,25,28). The van der Waals surface area contributed by atoms with Crippen LogP contribution in [0.3, 0.4) is 0 Å². The quantitative estimate of drug-likeness (QED) is 0.300. The highest BCUT2D eigenvalue weighted by Gasteiger charge is 2.16. The van der Waals surface area contributed by atoms with E-state index >= 15 is 0 Å². The summed E-state index contributed by atoms with van der Waals surface area (Å²) in [5.74, 6) is 0.0860. The van der Waals surface area contributed by atoms with E-state index in [1.165, 1.54) is 11.6 Å². The molecule has 0 aliphatic carbocycles. The van der Waals surface area contributed by atoms with Gasteiger partial charge in [0, 0.05) is 31.9 Å². The average molecular weight is 422 g/mol. The van der Waals surface area contributed by atoms with E-state index in [4.69, 9.17) is 14.8 Å². The SMILES string of the molecule is Bc1cc(NC(=N)c2nonc2NCc2ccc(CN3CCOCC3)cc2)ccc1F. The highest BCUT2D eigenvalue weighted by molar-refractivity contribution is 6.32. The molecule has 31 heavy (non-hydrogen) atoms. The van der Waals surface area contributed by atoms with Gasteiger partial charge < -0.3 is 15.4 Å². The molecule has 3 N–H and O–H groups in total. The largest absolute Gasteiger partial charge is 0.379 e. The van der Waals surface area contributed by atoms with Crippen molar-refractivity contribution in [2.45, 2.75) is 13.1 Å². The van der Waals surface area contributed by atoms with Gasteiger partial charge in [-0.15, -0.1) is 0 Å². The molecule has 0 radical (unpaired) electrons. The monoisotopic (exact) mass is 422 g/mol. The number of morpholine rings is 1. The lowest BCUT2D eigenvalue weighted by molar-refractivity contribution is 0.0342. The minimum atomic E-state index is -0.293. The van der Waals surface area contributed by atoms with E-state index in [2.05, 4.69) is 50.1 Å². The molecule has 2 heterocycles. The van der Waals surface area contributed by atoms with Crippen LogP contribution in [-0.4, -0.2) is 55.2 Å². The van der Waals surface area contributed by atoms with Crippen LogP contribution in [0.2, 0.25) is 0 Å². The fourth-order valence-corrected chi connectivity index (χ4v) is 3.36. The Morgan fingerprint density at radius 3 is 2.58 bits per heavy atom. The molecule has 3 aromatic rings. The Kier molecular flexibility index (Phi) is 6.59. The second kappa shape index (κ2) is 9.72. The summed E-state index contributed by atoms with van der Waals surface area (Å²) in [4.78, 5) is 2.38. The van der Waals surface area contributed by atoms with Crippen LogP contribution in [0.25, 0.3) is 0 Å². The molecule has 0 saturated carbocycles. The maximum atomic E-state index is 13.4. The zero-order chi connectivity index (χ0) is 21.6. The highest BCUT2D eigenvalue weighted by atomic mass is 19.1. The van der Waals surface area contributed by atoms with E-state index in [9.17, 15) is 4.39 Å². The number of nitrogens with zero attached hydrogens (tertiary/aromatic N) is 3. The molecular weight excluding hydrogens is 398 g/mol. The van der Waals surface area contributed by atoms with Crippen LogP contribution in [0, 0.1) is 11.2 Å². The number of amidine groups is 1. The topological polar surface area (TPSA) is 99.3 Å². The average Bonchev–Trinajstić information content (AvgIpc) is 3.25. The van der Waals surface area contributed by atoms with Gasteiger partial charge in [0.05, 0.1) is 13.2 Å². The maximum absolute atomic E-state index is 13.4. The van der Waals surface area contributed by atoms with Crippen LogP contribution in [0.1, 0.15) is 16.8 Å². The summed E-state index contributed by atoms with van der Waals surface area (Å²) in [6.45, 7) is 4.94. The van der Waals surface area contributed by atoms with Gasteiger partial charge in [0.2, 0.25) is 5.82 Å². The zero-order valence-corrected chi connectivity index (χ0v) is 17.3. The molecule has 1 aromatic heterocycles. The van der Waals surface area contributed by atoms with Gasteiger partial charge in [-0.25, -0.2) is 9.02 Å². The minimum Gasteiger partial charge on any atom is -0.379 e. The molecule has 0 spiro atoms. The minimum absolute atomic E-state index is 0.00983. The number of hydrogen-bond donors (Lipinski definition) is 3. The van der Waals surface area contributed by atoms with Gasteiger partial charge in [0.1, 0.15) is 13.7 Å². The summed E-state index contributed by atoms with van der Waals surface area (Å²) in [5.41, 5.74) is 3.68. The van der Waals surface area contributed by atoms with E-state index in [0.29, 0.717) is 23.5 Å². The Balaban J connectivity index is 1.33. The summed E-state index contributed by atoms with van der Waals surface area (Å²) in [6.07, 6.45) is 0. The Bertz CT molecular complexity index is 1040. The molecule has 0 amide bonds.